The van der Waals surface area contributed by atoms with Gasteiger partial charge < -0.3 is 15.2 Å². The molecule has 0 aliphatic heterocycles. The summed E-state index contributed by atoms with van der Waals surface area (Å²) in [7, 11) is 0. The molecule has 3 aromatic rings. The molecule has 140 valence electrons. The SMILES string of the molecule is CCn1c(SCC(=O)Nc2cccc(NC(C)=O)c2C)nc2ccccc21. The van der Waals surface area contributed by atoms with Gasteiger partial charge in [-0.2, -0.15) is 0 Å². The number of amides is 2. The number of carbonyl (C=O) groups is 2. The Morgan fingerprint density at radius 2 is 1.78 bits per heavy atom. The first-order valence-corrected chi connectivity index (χ1v) is 9.73. The second-order valence-corrected chi connectivity index (χ2v) is 7.07. The predicted octanol–water partition coefficient (Wildman–Crippen LogP) is 4.05. The Balaban J connectivity index is 1.70. The Hall–Kier alpha value is -2.80. The third-order valence-corrected chi connectivity index (χ3v) is 5.16. The molecule has 2 N–H and O–H groups in total. The normalized spacial score (nSPS) is 10.8. The molecule has 0 atom stereocenters. The molecule has 27 heavy (non-hydrogen) atoms. The maximum atomic E-state index is 12.4. The number of hydrogen-bond acceptors (Lipinski definition) is 4. The zero-order valence-corrected chi connectivity index (χ0v) is 16.4. The molecule has 0 aliphatic carbocycles. The van der Waals surface area contributed by atoms with Gasteiger partial charge in [0.25, 0.3) is 0 Å². The molecule has 6 nitrogen and oxygen atoms in total. The summed E-state index contributed by atoms with van der Waals surface area (Å²) in [4.78, 5) is 28.3. The number of carbonyl (C=O) groups excluding carboxylic acids is 2. The number of benzene rings is 2. The van der Waals surface area contributed by atoms with Crippen molar-refractivity contribution in [1.29, 1.82) is 0 Å². The van der Waals surface area contributed by atoms with Gasteiger partial charge in [0.1, 0.15) is 0 Å². The van der Waals surface area contributed by atoms with Crippen molar-refractivity contribution in [2.75, 3.05) is 16.4 Å². The van der Waals surface area contributed by atoms with Crippen LogP contribution < -0.4 is 10.6 Å². The Labute approximate surface area is 162 Å². The molecule has 0 aliphatic rings. The van der Waals surface area contributed by atoms with Crippen LogP contribution in [0.25, 0.3) is 11.0 Å². The highest BCUT2D eigenvalue weighted by molar-refractivity contribution is 7.99. The van der Waals surface area contributed by atoms with Crippen LogP contribution in [0.15, 0.2) is 47.6 Å². The lowest BCUT2D eigenvalue weighted by Crippen LogP contribution is -2.16. The van der Waals surface area contributed by atoms with Gasteiger partial charge in [0.15, 0.2) is 5.16 Å². The van der Waals surface area contributed by atoms with Crippen LogP contribution in [-0.4, -0.2) is 27.1 Å². The van der Waals surface area contributed by atoms with Crippen molar-refractivity contribution < 1.29 is 9.59 Å². The number of nitrogens with one attached hydrogen (secondary N) is 2. The van der Waals surface area contributed by atoms with Crippen molar-refractivity contribution in [3.05, 3.63) is 48.0 Å². The van der Waals surface area contributed by atoms with Crippen LogP contribution in [-0.2, 0) is 16.1 Å². The van der Waals surface area contributed by atoms with Gasteiger partial charge in [0.05, 0.1) is 16.8 Å². The minimum Gasteiger partial charge on any atom is -0.326 e. The average Bonchev–Trinajstić information content (AvgIpc) is 3.00. The van der Waals surface area contributed by atoms with E-state index in [4.69, 9.17) is 0 Å². The molecule has 0 bridgehead atoms. The second kappa shape index (κ2) is 8.26. The van der Waals surface area contributed by atoms with E-state index in [1.54, 1.807) is 6.07 Å². The monoisotopic (exact) mass is 382 g/mol. The van der Waals surface area contributed by atoms with Gasteiger partial charge >= 0.3 is 0 Å². The summed E-state index contributed by atoms with van der Waals surface area (Å²) in [5.74, 6) is 0.000944. The highest BCUT2D eigenvalue weighted by atomic mass is 32.2. The summed E-state index contributed by atoms with van der Waals surface area (Å²) in [5, 5.41) is 6.51. The molecule has 0 spiro atoms. The molecule has 0 saturated carbocycles. The highest BCUT2D eigenvalue weighted by Gasteiger charge is 2.13. The number of anilines is 2. The van der Waals surface area contributed by atoms with Gasteiger partial charge in [-0.05, 0) is 43.7 Å². The fourth-order valence-electron chi connectivity index (χ4n) is 2.88. The van der Waals surface area contributed by atoms with E-state index >= 15 is 0 Å². The lowest BCUT2D eigenvalue weighted by molar-refractivity contribution is -0.114. The molecule has 0 saturated heterocycles. The third kappa shape index (κ3) is 4.31. The van der Waals surface area contributed by atoms with Gasteiger partial charge in [0.2, 0.25) is 11.8 Å². The van der Waals surface area contributed by atoms with Crippen LogP contribution in [0.2, 0.25) is 0 Å². The largest absolute Gasteiger partial charge is 0.326 e. The molecular formula is C20H22N4O2S. The lowest BCUT2D eigenvalue weighted by atomic mass is 10.1. The smallest absolute Gasteiger partial charge is 0.234 e. The van der Waals surface area contributed by atoms with Crippen molar-refractivity contribution in [2.45, 2.75) is 32.5 Å². The first-order chi connectivity index (χ1) is 13.0. The average molecular weight is 382 g/mol. The zero-order valence-electron chi connectivity index (χ0n) is 15.6. The van der Waals surface area contributed by atoms with E-state index in [-0.39, 0.29) is 17.6 Å². The zero-order chi connectivity index (χ0) is 19.4. The van der Waals surface area contributed by atoms with E-state index in [9.17, 15) is 9.59 Å². The molecule has 2 aromatic carbocycles. The van der Waals surface area contributed by atoms with Crippen LogP contribution in [0.4, 0.5) is 11.4 Å². The van der Waals surface area contributed by atoms with Crippen LogP contribution in [0.3, 0.4) is 0 Å². The Kier molecular flexibility index (Phi) is 5.81. The number of rotatable bonds is 6. The van der Waals surface area contributed by atoms with Crippen molar-refractivity contribution in [3.8, 4) is 0 Å². The molecule has 0 unspecified atom stereocenters. The maximum absolute atomic E-state index is 12.4. The van der Waals surface area contributed by atoms with E-state index in [1.165, 1.54) is 18.7 Å². The van der Waals surface area contributed by atoms with Crippen LogP contribution in [0.5, 0.6) is 0 Å². The second-order valence-electron chi connectivity index (χ2n) is 6.12. The number of imidazole rings is 1. The van der Waals surface area contributed by atoms with Crippen molar-refractivity contribution in [2.24, 2.45) is 0 Å². The summed E-state index contributed by atoms with van der Waals surface area (Å²) in [6.45, 7) is 6.18. The number of para-hydroxylation sites is 2. The fraction of sp³-hybridized carbons (Fsp3) is 0.250. The molecule has 7 heteroatoms. The van der Waals surface area contributed by atoms with E-state index in [0.717, 1.165) is 28.3 Å². The van der Waals surface area contributed by atoms with Crippen molar-refractivity contribution in [1.82, 2.24) is 9.55 Å². The van der Waals surface area contributed by atoms with Crippen molar-refractivity contribution in [3.63, 3.8) is 0 Å². The third-order valence-electron chi connectivity index (χ3n) is 4.19. The van der Waals surface area contributed by atoms with Crippen LogP contribution >= 0.6 is 11.8 Å². The molecule has 2 amide bonds. The van der Waals surface area contributed by atoms with Gasteiger partial charge in [-0.1, -0.05) is 30.0 Å². The minimum atomic E-state index is -0.143. The van der Waals surface area contributed by atoms with E-state index in [2.05, 4.69) is 27.1 Å². The van der Waals surface area contributed by atoms with E-state index in [1.807, 2.05) is 43.3 Å². The van der Waals surface area contributed by atoms with Crippen LogP contribution in [0.1, 0.15) is 19.4 Å². The van der Waals surface area contributed by atoms with Gasteiger partial charge in [-0.15, -0.1) is 0 Å². The number of nitrogens with zero attached hydrogens (tertiary/aromatic N) is 2. The first-order valence-electron chi connectivity index (χ1n) is 8.74. The molecule has 0 fully saturated rings. The van der Waals surface area contributed by atoms with Crippen LogP contribution in [0, 0.1) is 6.92 Å². The first kappa shape index (κ1) is 19.0. The van der Waals surface area contributed by atoms with Gasteiger partial charge in [-0.3, -0.25) is 9.59 Å². The minimum absolute atomic E-state index is 0.113. The summed E-state index contributed by atoms with van der Waals surface area (Å²) < 4.78 is 2.11. The van der Waals surface area contributed by atoms with Crippen molar-refractivity contribution >= 4 is 46.0 Å². The standard InChI is InChI=1S/C20H22N4O2S/c1-4-24-18-11-6-5-8-17(18)23-20(24)27-12-19(26)22-16-10-7-9-15(13(16)2)21-14(3)25/h5-11H,4,12H2,1-3H3,(H,21,25)(H,22,26). The predicted molar refractivity (Wildman–Crippen MR) is 110 cm³/mol. The lowest BCUT2D eigenvalue weighted by Gasteiger charge is -2.12. The number of fused-ring (bicyclic) bond motifs is 1. The topological polar surface area (TPSA) is 76.0 Å². The number of thioether (sulfide) groups is 1. The maximum Gasteiger partial charge on any atom is 0.234 e. The molecule has 3 rings (SSSR count). The fourth-order valence-corrected chi connectivity index (χ4v) is 3.76. The molecule has 1 aromatic heterocycles. The number of aromatic nitrogens is 2. The highest BCUT2D eigenvalue weighted by Crippen LogP contribution is 2.26. The number of hydrogen-bond donors (Lipinski definition) is 2. The summed E-state index contributed by atoms with van der Waals surface area (Å²) in [6, 6.07) is 13.4. The molecule has 1 heterocycles. The molecular weight excluding hydrogens is 360 g/mol. The van der Waals surface area contributed by atoms with E-state index < -0.39 is 0 Å². The quantitative estimate of drug-likeness (QED) is 0.631. The molecule has 0 radical (unpaired) electrons. The van der Waals surface area contributed by atoms with E-state index in [0.29, 0.717) is 11.4 Å². The summed E-state index contributed by atoms with van der Waals surface area (Å²) in [5.41, 5.74) is 4.21. The van der Waals surface area contributed by atoms with Gasteiger partial charge in [0, 0.05) is 24.8 Å². The Morgan fingerprint density at radius 1 is 1.07 bits per heavy atom. The summed E-state index contributed by atoms with van der Waals surface area (Å²) in [6.07, 6.45) is 0. The summed E-state index contributed by atoms with van der Waals surface area (Å²) >= 11 is 1.42. The Bertz CT molecular complexity index is 997. The Morgan fingerprint density at radius 3 is 2.48 bits per heavy atom. The van der Waals surface area contributed by atoms with Gasteiger partial charge in [-0.25, -0.2) is 4.98 Å². The number of aryl methyl sites for hydroxylation is 1.